The Kier molecular flexibility index (Phi) is 2.72. The van der Waals surface area contributed by atoms with Gasteiger partial charge in [-0.1, -0.05) is 48.5 Å². The van der Waals surface area contributed by atoms with E-state index in [9.17, 15) is 0 Å². The van der Waals surface area contributed by atoms with E-state index in [1.165, 1.54) is 11.1 Å². The number of hydrogen-bond acceptors (Lipinski definition) is 1. The topological polar surface area (TPSA) is 9.23 Å². The van der Waals surface area contributed by atoms with E-state index in [0.29, 0.717) is 0 Å². The fourth-order valence-corrected chi connectivity index (χ4v) is 1.77. The lowest BCUT2D eigenvalue weighted by Gasteiger charge is -2.10. The summed E-state index contributed by atoms with van der Waals surface area (Å²) >= 11 is 0. The van der Waals surface area contributed by atoms with E-state index < -0.39 is 0 Å². The average molecular weight is 198 g/mol. The van der Waals surface area contributed by atoms with Gasteiger partial charge in [0.15, 0.2) is 0 Å². The third kappa shape index (κ3) is 1.86. The standard InChI is InChI=1S/C14H14O/c1-11-7-6-10-13(14(11)15-2)12-8-4-3-5-9-12/h3-10H,1-2H3. The van der Waals surface area contributed by atoms with Gasteiger partial charge < -0.3 is 4.74 Å². The quantitative estimate of drug-likeness (QED) is 0.715. The van der Waals surface area contributed by atoms with Crippen LogP contribution in [0.1, 0.15) is 5.56 Å². The Labute approximate surface area is 90.3 Å². The lowest BCUT2D eigenvalue weighted by molar-refractivity contribution is 0.413. The van der Waals surface area contributed by atoms with Crippen molar-refractivity contribution in [2.24, 2.45) is 0 Å². The summed E-state index contributed by atoms with van der Waals surface area (Å²) in [7, 11) is 1.72. The Morgan fingerprint density at radius 3 is 2.27 bits per heavy atom. The molecular formula is C14H14O. The Balaban J connectivity index is 2.58. The number of methoxy groups -OCH3 is 1. The Hall–Kier alpha value is -1.76. The number of ether oxygens (including phenoxy) is 1. The maximum absolute atomic E-state index is 5.43. The second-order valence-electron chi connectivity index (χ2n) is 3.52. The summed E-state index contributed by atoms with van der Waals surface area (Å²) in [4.78, 5) is 0. The van der Waals surface area contributed by atoms with Crippen LogP contribution in [0.3, 0.4) is 0 Å². The first-order valence-corrected chi connectivity index (χ1v) is 5.02. The van der Waals surface area contributed by atoms with Crippen LogP contribution in [-0.4, -0.2) is 7.11 Å². The van der Waals surface area contributed by atoms with Gasteiger partial charge in [-0.3, -0.25) is 0 Å². The minimum absolute atomic E-state index is 0.962. The van der Waals surface area contributed by atoms with Crippen LogP contribution in [0, 0.1) is 6.92 Å². The smallest absolute Gasteiger partial charge is 0.129 e. The summed E-state index contributed by atoms with van der Waals surface area (Å²) in [5.74, 6) is 0.962. The van der Waals surface area contributed by atoms with E-state index in [2.05, 4.69) is 37.3 Å². The molecule has 0 spiro atoms. The second-order valence-corrected chi connectivity index (χ2v) is 3.52. The molecule has 0 bridgehead atoms. The minimum atomic E-state index is 0.962. The fourth-order valence-electron chi connectivity index (χ4n) is 1.77. The third-order valence-corrected chi connectivity index (χ3v) is 2.50. The van der Waals surface area contributed by atoms with Crippen LogP contribution < -0.4 is 4.74 Å². The molecular weight excluding hydrogens is 184 g/mol. The summed E-state index contributed by atoms with van der Waals surface area (Å²) in [6.45, 7) is 2.06. The van der Waals surface area contributed by atoms with E-state index in [1.54, 1.807) is 7.11 Å². The number of aryl methyl sites for hydroxylation is 1. The van der Waals surface area contributed by atoms with Crippen LogP contribution in [0.25, 0.3) is 11.1 Å². The van der Waals surface area contributed by atoms with Crippen molar-refractivity contribution in [1.29, 1.82) is 0 Å². The SMILES string of the molecule is COc1c(C)cccc1-c1ccccc1. The molecule has 1 heteroatoms. The van der Waals surface area contributed by atoms with Crippen LogP contribution in [0.2, 0.25) is 0 Å². The van der Waals surface area contributed by atoms with Crippen molar-refractivity contribution in [1.82, 2.24) is 0 Å². The Bertz CT molecular complexity index is 446. The number of rotatable bonds is 2. The maximum Gasteiger partial charge on any atom is 0.129 e. The van der Waals surface area contributed by atoms with Crippen molar-refractivity contribution in [3.05, 3.63) is 54.1 Å². The molecule has 0 saturated heterocycles. The molecule has 0 heterocycles. The summed E-state index contributed by atoms with van der Waals surface area (Å²) in [6.07, 6.45) is 0. The van der Waals surface area contributed by atoms with Gasteiger partial charge in [-0.15, -0.1) is 0 Å². The predicted octanol–water partition coefficient (Wildman–Crippen LogP) is 3.67. The molecule has 2 rings (SSSR count). The lowest BCUT2D eigenvalue weighted by atomic mass is 10.0. The highest BCUT2D eigenvalue weighted by molar-refractivity contribution is 5.71. The number of hydrogen-bond donors (Lipinski definition) is 0. The molecule has 0 fully saturated rings. The summed E-state index contributed by atoms with van der Waals surface area (Å²) in [6, 6.07) is 16.5. The van der Waals surface area contributed by atoms with Crippen molar-refractivity contribution in [3.63, 3.8) is 0 Å². The molecule has 15 heavy (non-hydrogen) atoms. The third-order valence-electron chi connectivity index (χ3n) is 2.50. The zero-order chi connectivity index (χ0) is 10.7. The van der Waals surface area contributed by atoms with Crippen LogP contribution in [0.4, 0.5) is 0 Å². The molecule has 0 amide bonds. The van der Waals surface area contributed by atoms with E-state index >= 15 is 0 Å². The van der Waals surface area contributed by atoms with Crippen LogP contribution in [-0.2, 0) is 0 Å². The Morgan fingerprint density at radius 2 is 1.60 bits per heavy atom. The van der Waals surface area contributed by atoms with Crippen molar-refractivity contribution in [3.8, 4) is 16.9 Å². The van der Waals surface area contributed by atoms with E-state index in [1.807, 2.05) is 18.2 Å². The van der Waals surface area contributed by atoms with Crippen LogP contribution in [0.5, 0.6) is 5.75 Å². The first-order chi connectivity index (χ1) is 7.33. The van der Waals surface area contributed by atoms with Gasteiger partial charge in [-0.2, -0.15) is 0 Å². The molecule has 2 aromatic carbocycles. The normalized spacial score (nSPS) is 10.0. The van der Waals surface area contributed by atoms with E-state index in [-0.39, 0.29) is 0 Å². The maximum atomic E-state index is 5.43. The van der Waals surface area contributed by atoms with Gasteiger partial charge in [0, 0.05) is 5.56 Å². The van der Waals surface area contributed by atoms with Crippen molar-refractivity contribution in [2.75, 3.05) is 7.11 Å². The molecule has 0 N–H and O–H groups in total. The van der Waals surface area contributed by atoms with Gasteiger partial charge >= 0.3 is 0 Å². The van der Waals surface area contributed by atoms with Gasteiger partial charge in [-0.05, 0) is 18.1 Å². The first kappa shape index (κ1) is 9.78. The number of benzene rings is 2. The van der Waals surface area contributed by atoms with Gasteiger partial charge in [0.05, 0.1) is 7.11 Å². The molecule has 0 aromatic heterocycles. The highest BCUT2D eigenvalue weighted by atomic mass is 16.5. The van der Waals surface area contributed by atoms with Crippen LogP contribution >= 0.6 is 0 Å². The summed E-state index contributed by atoms with van der Waals surface area (Å²) < 4.78 is 5.43. The molecule has 1 nitrogen and oxygen atoms in total. The first-order valence-electron chi connectivity index (χ1n) is 5.02. The van der Waals surface area contributed by atoms with E-state index in [0.717, 1.165) is 11.3 Å². The van der Waals surface area contributed by atoms with Crippen molar-refractivity contribution >= 4 is 0 Å². The molecule has 0 radical (unpaired) electrons. The Morgan fingerprint density at radius 1 is 0.867 bits per heavy atom. The van der Waals surface area contributed by atoms with Gasteiger partial charge in [0.25, 0.3) is 0 Å². The molecule has 0 atom stereocenters. The molecule has 0 aliphatic carbocycles. The zero-order valence-electron chi connectivity index (χ0n) is 9.03. The van der Waals surface area contributed by atoms with Crippen molar-refractivity contribution < 1.29 is 4.74 Å². The average Bonchev–Trinajstić information content (AvgIpc) is 2.30. The van der Waals surface area contributed by atoms with Gasteiger partial charge in [-0.25, -0.2) is 0 Å². The fraction of sp³-hybridized carbons (Fsp3) is 0.143. The van der Waals surface area contributed by atoms with E-state index in [4.69, 9.17) is 4.74 Å². The van der Waals surface area contributed by atoms with Gasteiger partial charge in [0.1, 0.15) is 5.75 Å². The minimum Gasteiger partial charge on any atom is -0.496 e. The molecule has 2 aromatic rings. The summed E-state index contributed by atoms with van der Waals surface area (Å²) in [5.41, 5.74) is 3.51. The molecule has 0 saturated carbocycles. The molecule has 0 unspecified atom stereocenters. The van der Waals surface area contributed by atoms with Crippen LogP contribution in [0.15, 0.2) is 48.5 Å². The van der Waals surface area contributed by atoms with Gasteiger partial charge in [0.2, 0.25) is 0 Å². The lowest BCUT2D eigenvalue weighted by Crippen LogP contribution is -1.90. The predicted molar refractivity (Wildman–Crippen MR) is 63.2 cm³/mol. The highest BCUT2D eigenvalue weighted by Gasteiger charge is 2.06. The summed E-state index contributed by atoms with van der Waals surface area (Å²) in [5, 5.41) is 0. The molecule has 76 valence electrons. The van der Waals surface area contributed by atoms with Crippen molar-refractivity contribution in [2.45, 2.75) is 6.92 Å². The molecule has 0 aliphatic heterocycles. The highest BCUT2D eigenvalue weighted by Crippen LogP contribution is 2.32. The molecule has 0 aliphatic rings. The number of para-hydroxylation sites is 1. The zero-order valence-corrected chi connectivity index (χ0v) is 9.03. The largest absolute Gasteiger partial charge is 0.496 e. The second kappa shape index (κ2) is 4.18. The monoisotopic (exact) mass is 198 g/mol.